The van der Waals surface area contributed by atoms with Gasteiger partial charge in [-0.3, -0.25) is 0 Å². The summed E-state index contributed by atoms with van der Waals surface area (Å²) in [7, 11) is -4.30. The molecule has 1 aromatic carbocycles. The van der Waals surface area contributed by atoms with Crippen LogP contribution in [0.1, 0.15) is 0 Å². The third kappa shape index (κ3) is 4.63. The van der Waals surface area contributed by atoms with E-state index < -0.39 is 20.0 Å². The molecule has 1 aromatic rings. The Morgan fingerprint density at radius 3 is 2.25 bits per heavy atom. The molecule has 0 spiro atoms. The molecule has 0 amide bonds. The quantitative estimate of drug-likeness (QED) is 0.588. The molecule has 0 unspecified atom stereocenters. The number of rotatable bonds is 6. The van der Waals surface area contributed by atoms with E-state index in [2.05, 4.69) is 5.32 Å². The number of nitrogens with two attached hydrogens (primary N) is 2. The fourth-order valence-electron chi connectivity index (χ4n) is 1.40. The van der Waals surface area contributed by atoms with Crippen LogP contribution in [0.4, 0.5) is 11.4 Å². The first-order valence-corrected chi connectivity index (χ1v) is 8.75. The van der Waals surface area contributed by atoms with Crippen LogP contribution in [-0.2, 0) is 20.0 Å². The zero-order valence-corrected chi connectivity index (χ0v) is 12.8. The normalized spacial score (nSPS) is 12.6. The van der Waals surface area contributed by atoms with Crippen LogP contribution in [0.3, 0.4) is 0 Å². The van der Waals surface area contributed by atoms with Crippen molar-refractivity contribution >= 4 is 31.4 Å². The molecule has 0 aliphatic carbocycles. The van der Waals surface area contributed by atoms with E-state index in [1.165, 1.54) is 32.3 Å². The van der Waals surface area contributed by atoms with Crippen LogP contribution in [0.5, 0.6) is 0 Å². The maximum Gasteiger partial charge on any atom is 0.238 e. The van der Waals surface area contributed by atoms with E-state index in [0.29, 0.717) is 5.69 Å². The van der Waals surface area contributed by atoms with Crippen molar-refractivity contribution in [2.75, 3.05) is 37.4 Å². The van der Waals surface area contributed by atoms with Crippen molar-refractivity contribution in [3.63, 3.8) is 0 Å². The van der Waals surface area contributed by atoms with Gasteiger partial charge in [-0.05, 0) is 18.2 Å². The van der Waals surface area contributed by atoms with Crippen molar-refractivity contribution in [1.29, 1.82) is 0 Å². The highest BCUT2D eigenvalue weighted by Crippen LogP contribution is 2.19. The van der Waals surface area contributed by atoms with Gasteiger partial charge in [0.05, 0.1) is 10.6 Å². The maximum atomic E-state index is 11.6. The Hall–Kier alpha value is -1.36. The number of primary sulfonamides is 1. The summed E-state index contributed by atoms with van der Waals surface area (Å²) in [5.41, 5.74) is 6.18. The average Bonchev–Trinajstić information content (AvgIpc) is 2.26. The van der Waals surface area contributed by atoms with E-state index in [1.54, 1.807) is 0 Å². The summed E-state index contributed by atoms with van der Waals surface area (Å²) >= 11 is 0. The molecule has 20 heavy (non-hydrogen) atoms. The molecule has 0 saturated carbocycles. The molecule has 1 rings (SSSR count). The SMILES string of the molecule is CN(C)S(=O)(=O)CCNc1cc(N)cc(S(N)(=O)=O)c1. The number of hydrogen-bond acceptors (Lipinski definition) is 6. The fraction of sp³-hybridized carbons (Fsp3) is 0.400. The van der Waals surface area contributed by atoms with Crippen LogP contribution in [0.2, 0.25) is 0 Å². The third-order valence-corrected chi connectivity index (χ3v) is 5.23. The minimum absolute atomic E-state index is 0.119. The smallest absolute Gasteiger partial charge is 0.238 e. The van der Waals surface area contributed by atoms with Crippen LogP contribution < -0.4 is 16.2 Å². The highest BCUT2D eigenvalue weighted by Gasteiger charge is 2.13. The first-order valence-electron chi connectivity index (χ1n) is 5.60. The van der Waals surface area contributed by atoms with Gasteiger partial charge in [0.2, 0.25) is 20.0 Å². The second-order valence-electron chi connectivity index (χ2n) is 4.36. The Bertz CT molecular complexity index is 683. The number of nitrogens with zero attached hydrogens (tertiary/aromatic N) is 1. The number of hydrogen-bond donors (Lipinski definition) is 3. The Kier molecular flexibility index (Phi) is 4.97. The summed E-state index contributed by atoms with van der Waals surface area (Å²) in [5, 5.41) is 7.82. The fourth-order valence-corrected chi connectivity index (χ4v) is 2.71. The van der Waals surface area contributed by atoms with Gasteiger partial charge >= 0.3 is 0 Å². The molecule has 0 fully saturated rings. The monoisotopic (exact) mass is 322 g/mol. The molecule has 0 atom stereocenters. The highest BCUT2D eigenvalue weighted by atomic mass is 32.2. The van der Waals surface area contributed by atoms with E-state index >= 15 is 0 Å². The molecule has 0 aromatic heterocycles. The van der Waals surface area contributed by atoms with E-state index in [4.69, 9.17) is 10.9 Å². The zero-order chi connectivity index (χ0) is 15.6. The largest absolute Gasteiger partial charge is 0.399 e. The minimum atomic E-state index is -3.86. The molecule has 5 N–H and O–H groups in total. The summed E-state index contributed by atoms with van der Waals surface area (Å²) < 4.78 is 46.7. The average molecular weight is 322 g/mol. The maximum absolute atomic E-state index is 11.6. The van der Waals surface area contributed by atoms with Crippen molar-refractivity contribution in [2.24, 2.45) is 5.14 Å². The summed E-state index contributed by atoms with van der Waals surface area (Å²) in [4.78, 5) is -0.129. The number of nitrogens with one attached hydrogen (secondary N) is 1. The van der Waals surface area contributed by atoms with Gasteiger partial charge in [-0.15, -0.1) is 0 Å². The lowest BCUT2D eigenvalue weighted by Crippen LogP contribution is -2.28. The van der Waals surface area contributed by atoms with Crippen LogP contribution in [0.25, 0.3) is 0 Å². The third-order valence-electron chi connectivity index (χ3n) is 2.50. The second kappa shape index (κ2) is 5.95. The first-order chi connectivity index (χ1) is 9.02. The second-order valence-corrected chi connectivity index (χ2v) is 8.22. The van der Waals surface area contributed by atoms with E-state index in [9.17, 15) is 16.8 Å². The minimum Gasteiger partial charge on any atom is -0.399 e. The van der Waals surface area contributed by atoms with Gasteiger partial charge in [0.1, 0.15) is 0 Å². The summed E-state index contributed by atoms with van der Waals surface area (Å²) in [6, 6.07) is 4.03. The summed E-state index contributed by atoms with van der Waals surface area (Å²) in [6.07, 6.45) is 0. The van der Waals surface area contributed by atoms with Crippen molar-refractivity contribution in [2.45, 2.75) is 4.90 Å². The van der Waals surface area contributed by atoms with Gasteiger partial charge in [0.15, 0.2) is 0 Å². The molecule has 114 valence electrons. The Labute approximate surface area is 118 Å². The lowest BCUT2D eigenvalue weighted by molar-refractivity contribution is 0.521. The molecule has 0 radical (unpaired) electrons. The van der Waals surface area contributed by atoms with Crippen LogP contribution in [-0.4, -0.2) is 47.5 Å². The number of benzene rings is 1. The lowest BCUT2D eigenvalue weighted by atomic mass is 10.3. The van der Waals surface area contributed by atoms with Gasteiger partial charge in [0, 0.05) is 32.0 Å². The lowest BCUT2D eigenvalue weighted by Gasteiger charge is -2.13. The van der Waals surface area contributed by atoms with Crippen molar-refractivity contribution in [1.82, 2.24) is 4.31 Å². The van der Waals surface area contributed by atoms with Gasteiger partial charge in [0.25, 0.3) is 0 Å². The van der Waals surface area contributed by atoms with E-state index in [0.717, 1.165) is 4.31 Å². The first kappa shape index (κ1) is 16.7. The Balaban J connectivity index is 2.83. The van der Waals surface area contributed by atoms with Gasteiger partial charge < -0.3 is 11.1 Å². The topological polar surface area (TPSA) is 136 Å². The van der Waals surface area contributed by atoms with Crippen molar-refractivity contribution < 1.29 is 16.8 Å². The Morgan fingerprint density at radius 1 is 1.15 bits per heavy atom. The van der Waals surface area contributed by atoms with Crippen molar-refractivity contribution in [3.05, 3.63) is 18.2 Å². The van der Waals surface area contributed by atoms with Gasteiger partial charge in [-0.25, -0.2) is 26.3 Å². The summed E-state index contributed by atoms with van der Waals surface area (Å²) in [5.74, 6) is -0.125. The standard InChI is InChI=1S/C10H18N4O4S2/c1-14(2)19(15,16)4-3-13-9-5-8(11)6-10(7-9)20(12,17)18/h5-7,13H,3-4,11H2,1-2H3,(H2,12,17,18). The van der Waals surface area contributed by atoms with Gasteiger partial charge in [-0.1, -0.05) is 0 Å². The molecule has 0 aliphatic rings. The predicted molar refractivity (Wildman–Crippen MR) is 78.2 cm³/mol. The molecule has 8 nitrogen and oxygen atoms in total. The van der Waals surface area contributed by atoms with E-state index in [-0.39, 0.29) is 22.9 Å². The molecule has 0 saturated heterocycles. The van der Waals surface area contributed by atoms with Crippen LogP contribution in [0, 0.1) is 0 Å². The molecular weight excluding hydrogens is 304 g/mol. The highest BCUT2D eigenvalue weighted by molar-refractivity contribution is 7.89. The predicted octanol–water partition coefficient (Wildman–Crippen LogP) is -0.780. The molecule has 0 bridgehead atoms. The molecular formula is C10H18N4O4S2. The van der Waals surface area contributed by atoms with Crippen molar-refractivity contribution in [3.8, 4) is 0 Å². The Morgan fingerprint density at radius 2 is 1.75 bits per heavy atom. The number of nitrogen functional groups attached to an aromatic ring is 1. The van der Waals surface area contributed by atoms with Crippen LogP contribution >= 0.6 is 0 Å². The number of sulfonamides is 2. The van der Waals surface area contributed by atoms with Gasteiger partial charge in [-0.2, -0.15) is 0 Å². The van der Waals surface area contributed by atoms with E-state index in [1.807, 2.05) is 0 Å². The molecule has 0 heterocycles. The van der Waals surface area contributed by atoms with Crippen LogP contribution in [0.15, 0.2) is 23.1 Å². The molecule has 0 aliphatic heterocycles. The number of anilines is 2. The summed E-state index contributed by atoms with van der Waals surface area (Å²) in [6.45, 7) is 0.119. The zero-order valence-electron chi connectivity index (χ0n) is 11.2. The molecule has 10 heteroatoms.